The molecule has 0 atom stereocenters. The summed E-state index contributed by atoms with van der Waals surface area (Å²) in [6.07, 6.45) is 2.00. The number of rotatable bonds is 3. The molecule has 1 aliphatic rings. The fourth-order valence-electron chi connectivity index (χ4n) is 1.78. The van der Waals surface area contributed by atoms with E-state index >= 15 is 0 Å². The molecular weight excluding hydrogens is 228 g/mol. The van der Waals surface area contributed by atoms with E-state index in [2.05, 4.69) is 6.58 Å². The van der Waals surface area contributed by atoms with Crippen molar-refractivity contribution in [1.82, 2.24) is 0 Å². The van der Waals surface area contributed by atoms with Crippen LogP contribution >= 0.6 is 0 Å². The predicted octanol–water partition coefficient (Wildman–Crippen LogP) is 2.07. The van der Waals surface area contributed by atoms with Crippen LogP contribution in [0.1, 0.15) is 16.8 Å². The first-order chi connectivity index (χ1) is 8.06. The predicted molar refractivity (Wildman–Crippen MR) is 57.9 cm³/mol. The zero-order valence-electron chi connectivity index (χ0n) is 8.87. The summed E-state index contributed by atoms with van der Waals surface area (Å²) >= 11 is 0. The highest BCUT2D eigenvalue weighted by Gasteiger charge is 2.38. The van der Waals surface area contributed by atoms with Crippen LogP contribution in [0.5, 0.6) is 0 Å². The standard InChI is InChI=1S/C12H9F2NO2/c1-2-3-4-15-9-6-7(13)5-8(14)10(9)11(16)12(15)17/h2,5-6H,1,3-4H2. The van der Waals surface area contributed by atoms with E-state index in [1.807, 2.05) is 0 Å². The lowest BCUT2D eigenvalue weighted by Crippen LogP contribution is -2.30. The van der Waals surface area contributed by atoms with E-state index in [-0.39, 0.29) is 17.8 Å². The van der Waals surface area contributed by atoms with Gasteiger partial charge in [0.05, 0.1) is 11.3 Å². The summed E-state index contributed by atoms with van der Waals surface area (Å²) in [7, 11) is 0. The summed E-state index contributed by atoms with van der Waals surface area (Å²) in [6.45, 7) is 3.67. The molecule has 0 aromatic heterocycles. The fourth-order valence-corrected chi connectivity index (χ4v) is 1.78. The number of carbonyl (C=O) groups is 2. The van der Waals surface area contributed by atoms with Crippen molar-refractivity contribution in [3.63, 3.8) is 0 Å². The molecule has 3 nitrogen and oxygen atoms in total. The van der Waals surface area contributed by atoms with Crippen LogP contribution in [0.4, 0.5) is 14.5 Å². The largest absolute Gasteiger partial charge is 0.304 e. The van der Waals surface area contributed by atoms with Gasteiger partial charge in [0.1, 0.15) is 11.6 Å². The molecule has 2 rings (SSSR count). The second-order valence-corrected chi connectivity index (χ2v) is 3.65. The number of halogens is 2. The maximum Gasteiger partial charge on any atom is 0.299 e. The van der Waals surface area contributed by atoms with Crippen molar-refractivity contribution in [3.8, 4) is 0 Å². The molecule has 1 aliphatic heterocycles. The Bertz CT molecular complexity index is 525. The number of nitrogens with zero attached hydrogens (tertiary/aromatic N) is 1. The first-order valence-corrected chi connectivity index (χ1v) is 5.02. The van der Waals surface area contributed by atoms with Crippen LogP contribution in [0.25, 0.3) is 0 Å². The van der Waals surface area contributed by atoms with Crippen LogP contribution in [0.3, 0.4) is 0 Å². The molecule has 88 valence electrons. The SMILES string of the molecule is C=CCCN1C(=O)C(=O)c2c(F)cc(F)cc21. The zero-order valence-corrected chi connectivity index (χ0v) is 8.87. The monoisotopic (exact) mass is 237 g/mol. The molecule has 0 radical (unpaired) electrons. The molecule has 0 aliphatic carbocycles. The van der Waals surface area contributed by atoms with Crippen LogP contribution in [0.2, 0.25) is 0 Å². The van der Waals surface area contributed by atoms with Crippen molar-refractivity contribution in [2.45, 2.75) is 6.42 Å². The minimum absolute atomic E-state index is 0.000602. The number of carbonyl (C=O) groups excluding carboxylic acids is 2. The van der Waals surface area contributed by atoms with Gasteiger partial charge in [0.15, 0.2) is 0 Å². The minimum atomic E-state index is -1.00. The van der Waals surface area contributed by atoms with Gasteiger partial charge in [0.2, 0.25) is 0 Å². The summed E-state index contributed by atoms with van der Waals surface area (Å²) in [5, 5.41) is 0. The topological polar surface area (TPSA) is 37.4 Å². The number of hydrogen-bond donors (Lipinski definition) is 0. The number of Topliss-reactive ketones (excluding diaryl/α,β-unsaturated/α-hetero) is 1. The molecule has 1 aromatic carbocycles. The number of amides is 1. The molecule has 1 amide bonds. The van der Waals surface area contributed by atoms with Crippen molar-refractivity contribution >= 4 is 17.4 Å². The molecule has 0 saturated heterocycles. The van der Waals surface area contributed by atoms with E-state index in [1.165, 1.54) is 0 Å². The van der Waals surface area contributed by atoms with Gasteiger partial charge in [-0.05, 0) is 12.5 Å². The van der Waals surface area contributed by atoms with E-state index in [0.29, 0.717) is 12.5 Å². The zero-order chi connectivity index (χ0) is 12.6. The molecule has 0 spiro atoms. The van der Waals surface area contributed by atoms with Crippen molar-refractivity contribution in [2.75, 3.05) is 11.4 Å². The van der Waals surface area contributed by atoms with Gasteiger partial charge < -0.3 is 4.90 Å². The molecule has 5 heteroatoms. The Balaban J connectivity index is 2.51. The Hall–Kier alpha value is -2.04. The highest BCUT2D eigenvalue weighted by Crippen LogP contribution is 2.31. The lowest BCUT2D eigenvalue weighted by Gasteiger charge is -2.15. The molecule has 1 aromatic rings. The smallest absolute Gasteiger partial charge is 0.299 e. The third-order valence-corrected chi connectivity index (χ3v) is 2.55. The first-order valence-electron chi connectivity index (χ1n) is 5.02. The normalized spacial score (nSPS) is 14.1. The van der Waals surface area contributed by atoms with Crippen LogP contribution in [-0.4, -0.2) is 18.2 Å². The van der Waals surface area contributed by atoms with Gasteiger partial charge in [-0.3, -0.25) is 9.59 Å². The van der Waals surface area contributed by atoms with Crippen LogP contribution in [0.15, 0.2) is 24.8 Å². The highest BCUT2D eigenvalue weighted by molar-refractivity contribution is 6.52. The minimum Gasteiger partial charge on any atom is -0.304 e. The van der Waals surface area contributed by atoms with Crippen molar-refractivity contribution in [2.24, 2.45) is 0 Å². The third kappa shape index (κ3) is 1.73. The van der Waals surface area contributed by atoms with E-state index < -0.39 is 23.3 Å². The van der Waals surface area contributed by atoms with Gasteiger partial charge in [-0.15, -0.1) is 6.58 Å². The van der Waals surface area contributed by atoms with Gasteiger partial charge >= 0.3 is 0 Å². The first kappa shape index (κ1) is 11.4. The summed E-state index contributed by atoms with van der Waals surface area (Å²) in [5.41, 5.74) is -0.347. The van der Waals surface area contributed by atoms with Crippen molar-refractivity contribution in [1.29, 1.82) is 0 Å². The van der Waals surface area contributed by atoms with E-state index in [4.69, 9.17) is 0 Å². The van der Waals surface area contributed by atoms with Gasteiger partial charge in [-0.2, -0.15) is 0 Å². The Morgan fingerprint density at radius 1 is 1.29 bits per heavy atom. The summed E-state index contributed by atoms with van der Waals surface area (Å²) in [5.74, 6) is -3.57. The summed E-state index contributed by atoms with van der Waals surface area (Å²) in [4.78, 5) is 24.2. The average Bonchev–Trinajstić information content (AvgIpc) is 2.49. The highest BCUT2D eigenvalue weighted by atomic mass is 19.1. The van der Waals surface area contributed by atoms with Crippen LogP contribution in [-0.2, 0) is 4.79 Å². The molecule has 0 saturated carbocycles. The lowest BCUT2D eigenvalue weighted by atomic mass is 10.1. The quantitative estimate of drug-likeness (QED) is 0.596. The van der Waals surface area contributed by atoms with E-state index in [0.717, 1.165) is 11.0 Å². The van der Waals surface area contributed by atoms with Gasteiger partial charge in [0, 0.05) is 12.6 Å². The second-order valence-electron chi connectivity index (χ2n) is 3.65. The van der Waals surface area contributed by atoms with Gasteiger partial charge in [-0.25, -0.2) is 8.78 Å². The fraction of sp³-hybridized carbons (Fsp3) is 0.167. The molecule has 0 unspecified atom stereocenters. The van der Waals surface area contributed by atoms with Crippen molar-refractivity contribution in [3.05, 3.63) is 42.0 Å². The Morgan fingerprint density at radius 3 is 2.65 bits per heavy atom. The third-order valence-electron chi connectivity index (χ3n) is 2.55. The number of hydrogen-bond acceptors (Lipinski definition) is 2. The summed E-state index contributed by atoms with van der Waals surface area (Å²) in [6, 6.07) is 1.59. The Labute approximate surface area is 96.3 Å². The molecule has 0 fully saturated rings. The molecular formula is C12H9F2NO2. The molecule has 0 bridgehead atoms. The maximum atomic E-state index is 13.4. The number of benzene rings is 1. The average molecular weight is 237 g/mol. The van der Waals surface area contributed by atoms with Crippen LogP contribution in [0, 0.1) is 11.6 Å². The Morgan fingerprint density at radius 2 is 2.00 bits per heavy atom. The number of fused-ring (bicyclic) bond motifs is 1. The van der Waals surface area contributed by atoms with Crippen molar-refractivity contribution < 1.29 is 18.4 Å². The van der Waals surface area contributed by atoms with E-state index in [1.54, 1.807) is 6.08 Å². The summed E-state index contributed by atoms with van der Waals surface area (Å²) < 4.78 is 26.5. The number of ketones is 1. The van der Waals surface area contributed by atoms with E-state index in [9.17, 15) is 18.4 Å². The second kappa shape index (κ2) is 4.08. The van der Waals surface area contributed by atoms with Crippen LogP contribution < -0.4 is 4.90 Å². The number of anilines is 1. The molecule has 1 heterocycles. The molecule has 0 N–H and O–H groups in total. The van der Waals surface area contributed by atoms with Gasteiger partial charge in [-0.1, -0.05) is 6.08 Å². The molecule has 17 heavy (non-hydrogen) atoms. The maximum absolute atomic E-state index is 13.4. The lowest BCUT2D eigenvalue weighted by molar-refractivity contribution is -0.114. The Kier molecular flexibility index (Phi) is 2.75. The van der Waals surface area contributed by atoms with Gasteiger partial charge in [0.25, 0.3) is 11.7 Å².